The lowest BCUT2D eigenvalue weighted by atomic mass is 9.87. The molecule has 3 aromatic carbocycles. The summed E-state index contributed by atoms with van der Waals surface area (Å²) >= 11 is 0. The third kappa shape index (κ3) is 6.84. The largest absolute Gasteiger partial charge is 0.492 e. The highest BCUT2D eigenvalue weighted by Crippen LogP contribution is 2.36. The molecule has 0 unspecified atom stereocenters. The van der Waals surface area contributed by atoms with Crippen molar-refractivity contribution in [3.05, 3.63) is 102 Å². The zero-order chi connectivity index (χ0) is 23.4. The van der Waals surface area contributed by atoms with E-state index in [0.29, 0.717) is 0 Å². The number of hydrogen-bond donors (Lipinski definition) is 0. The van der Waals surface area contributed by atoms with Gasteiger partial charge in [-0.3, -0.25) is 4.90 Å². The van der Waals surface area contributed by atoms with Crippen molar-refractivity contribution in [2.75, 3.05) is 26.2 Å². The van der Waals surface area contributed by atoms with Crippen molar-refractivity contribution in [1.29, 1.82) is 0 Å². The second kappa shape index (κ2) is 13.2. The highest BCUT2D eigenvalue weighted by molar-refractivity contribution is 5.98. The zero-order valence-corrected chi connectivity index (χ0v) is 20.7. The number of likely N-dealkylation sites (tertiary alicyclic amines) is 1. The van der Waals surface area contributed by atoms with E-state index in [-0.39, 0.29) is 0 Å². The van der Waals surface area contributed by atoms with Gasteiger partial charge in [0.25, 0.3) is 0 Å². The fourth-order valence-corrected chi connectivity index (χ4v) is 4.94. The van der Waals surface area contributed by atoms with Crippen LogP contribution in [0.3, 0.4) is 0 Å². The molecule has 4 rings (SSSR count). The van der Waals surface area contributed by atoms with Crippen molar-refractivity contribution in [2.24, 2.45) is 0 Å². The summed E-state index contributed by atoms with van der Waals surface area (Å²) in [5, 5.41) is 0. The Bertz CT molecular complexity index is 978. The molecule has 0 atom stereocenters. The predicted molar refractivity (Wildman–Crippen MR) is 145 cm³/mol. The van der Waals surface area contributed by atoms with Crippen molar-refractivity contribution in [1.82, 2.24) is 4.90 Å². The molecular weight excluding hydrogens is 414 g/mol. The second-order valence-electron chi connectivity index (χ2n) is 9.32. The number of piperidine rings is 1. The van der Waals surface area contributed by atoms with E-state index in [4.69, 9.17) is 4.74 Å². The third-order valence-electron chi connectivity index (χ3n) is 6.76. The number of allylic oxidation sites excluding steroid dienone is 1. The molecule has 178 valence electrons. The van der Waals surface area contributed by atoms with Crippen LogP contribution in [0.2, 0.25) is 0 Å². The van der Waals surface area contributed by atoms with E-state index >= 15 is 0 Å². The van der Waals surface area contributed by atoms with Gasteiger partial charge in [0.1, 0.15) is 12.4 Å². The Hall–Kier alpha value is -2.84. The topological polar surface area (TPSA) is 12.5 Å². The number of rotatable bonds is 11. The summed E-state index contributed by atoms with van der Waals surface area (Å²) in [7, 11) is 0. The molecule has 0 bridgehead atoms. The van der Waals surface area contributed by atoms with Gasteiger partial charge < -0.3 is 4.74 Å². The van der Waals surface area contributed by atoms with Crippen LogP contribution in [-0.4, -0.2) is 31.1 Å². The molecule has 0 saturated carbocycles. The lowest BCUT2D eigenvalue weighted by Crippen LogP contribution is -2.33. The minimum Gasteiger partial charge on any atom is -0.492 e. The summed E-state index contributed by atoms with van der Waals surface area (Å²) in [5.74, 6) is 0.975. The van der Waals surface area contributed by atoms with Gasteiger partial charge in [0.15, 0.2) is 0 Å². The molecule has 1 aliphatic rings. The average Bonchev–Trinajstić information content (AvgIpc) is 2.90. The molecule has 3 aromatic rings. The highest BCUT2D eigenvalue weighted by atomic mass is 16.5. The second-order valence-corrected chi connectivity index (χ2v) is 9.32. The first-order valence-electron chi connectivity index (χ1n) is 13.1. The van der Waals surface area contributed by atoms with Gasteiger partial charge in [-0.25, -0.2) is 0 Å². The van der Waals surface area contributed by atoms with Crippen molar-refractivity contribution < 1.29 is 4.74 Å². The molecule has 1 fully saturated rings. The van der Waals surface area contributed by atoms with Crippen molar-refractivity contribution in [3.8, 4) is 5.75 Å². The standard InChI is InChI=1S/C32H39NO/c1-2-3-7-21-31(32(27-15-8-4-9-16-27)28-17-10-5-11-18-28)29-19-14-20-30(26-29)34-25-24-33-22-12-6-13-23-33/h4-5,8-11,14-20,26H,2-3,6-7,12-13,21-25H2,1H3. The quantitative estimate of drug-likeness (QED) is 0.215. The first-order valence-corrected chi connectivity index (χ1v) is 13.1. The molecule has 0 spiro atoms. The number of benzene rings is 3. The maximum atomic E-state index is 6.25. The maximum Gasteiger partial charge on any atom is 0.119 e. The summed E-state index contributed by atoms with van der Waals surface area (Å²) < 4.78 is 6.25. The van der Waals surface area contributed by atoms with E-state index < -0.39 is 0 Å². The number of unbranched alkanes of at least 4 members (excludes halogenated alkanes) is 2. The smallest absolute Gasteiger partial charge is 0.119 e. The van der Waals surface area contributed by atoms with E-state index in [2.05, 4.69) is 96.8 Å². The summed E-state index contributed by atoms with van der Waals surface area (Å²) in [6.45, 7) is 6.47. The lowest BCUT2D eigenvalue weighted by Gasteiger charge is -2.26. The van der Waals surface area contributed by atoms with Gasteiger partial charge in [0, 0.05) is 6.54 Å². The minimum atomic E-state index is 0.753. The fraction of sp³-hybridized carbons (Fsp3) is 0.375. The van der Waals surface area contributed by atoms with Crippen LogP contribution in [0, 0.1) is 0 Å². The Morgan fingerprint density at radius 1 is 0.735 bits per heavy atom. The Kier molecular flexibility index (Phi) is 9.39. The molecule has 0 amide bonds. The monoisotopic (exact) mass is 453 g/mol. The van der Waals surface area contributed by atoms with Crippen LogP contribution >= 0.6 is 0 Å². The normalized spacial score (nSPS) is 14.0. The molecule has 1 aliphatic heterocycles. The molecule has 2 heteroatoms. The van der Waals surface area contributed by atoms with E-state index in [1.54, 1.807) is 0 Å². The molecular formula is C32H39NO. The van der Waals surface area contributed by atoms with Gasteiger partial charge in [-0.15, -0.1) is 0 Å². The van der Waals surface area contributed by atoms with Crippen LogP contribution in [0.4, 0.5) is 0 Å². The maximum absolute atomic E-state index is 6.25. The lowest BCUT2D eigenvalue weighted by molar-refractivity contribution is 0.183. The Morgan fingerprint density at radius 3 is 2.03 bits per heavy atom. The van der Waals surface area contributed by atoms with Gasteiger partial charge in [-0.05, 0) is 78.7 Å². The van der Waals surface area contributed by atoms with Crippen LogP contribution in [0.25, 0.3) is 11.1 Å². The first-order chi connectivity index (χ1) is 16.8. The third-order valence-corrected chi connectivity index (χ3v) is 6.76. The highest BCUT2D eigenvalue weighted by Gasteiger charge is 2.15. The van der Waals surface area contributed by atoms with Gasteiger partial charge in [-0.2, -0.15) is 0 Å². The summed E-state index contributed by atoms with van der Waals surface area (Å²) in [6.07, 6.45) is 8.73. The minimum absolute atomic E-state index is 0.753. The molecule has 0 N–H and O–H groups in total. The van der Waals surface area contributed by atoms with Gasteiger partial charge in [-0.1, -0.05) is 99.0 Å². The van der Waals surface area contributed by atoms with Crippen molar-refractivity contribution in [3.63, 3.8) is 0 Å². The zero-order valence-electron chi connectivity index (χ0n) is 20.7. The van der Waals surface area contributed by atoms with Crippen LogP contribution < -0.4 is 4.74 Å². The number of ether oxygens (including phenoxy) is 1. The SMILES string of the molecule is CCCCCC(=C(c1ccccc1)c1ccccc1)c1cccc(OCCN2CCCCC2)c1. The van der Waals surface area contributed by atoms with Crippen molar-refractivity contribution in [2.45, 2.75) is 51.9 Å². The molecule has 34 heavy (non-hydrogen) atoms. The van der Waals surface area contributed by atoms with Gasteiger partial charge in [0.05, 0.1) is 0 Å². The number of nitrogens with zero attached hydrogens (tertiary/aromatic N) is 1. The van der Waals surface area contributed by atoms with E-state index in [1.807, 2.05) is 0 Å². The Balaban J connectivity index is 1.65. The molecule has 0 radical (unpaired) electrons. The van der Waals surface area contributed by atoms with Gasteiger partial charge >= 0.3 is 0 Å². The Labute approximate surface area is 206 Å². The first kappa shape index (κ1) is 24.3. The van der Waals surface area contributed by atoms with Crippen LogP contribution in [0.15, 0.2) is 84.9 Å². The van der Waals surface area contributed by atoms with Crippen LogP contribution in [0.1, 0.15) is 68.6 Å². The predicted octanol–water partition coefficient (Wildman–Crippen LogP) is 8.09. The van der Waals surface area contributed by atoms with Crippen molar-refractivity contribution >= 4 is 11.1 Å². The van der Waals surface area contributed by atoms with E-state index in [0.717, 1.165) is 25.3 Å². The van der Waals surface area contributed by atoms with Crippen LogP contribution in [-0.2, 0) is 0 Å². The molecule has 1 heterocycles. The molecule has 0 aliphatic carbocycles. The van der Waals surface area contributed by atoms with E-state index in [1.165, 1.54) is 79.5 Å². The van der Waals surface area contributed by atoms with Crippen LogP contribution in [0.5, 0.6) is 5.75 Å². The number of hydrogen-bond acceptors (Lipinski definition) is 2. The molecule has 0 aromatic heterocycles. The van der Waals surface area contributed by atoms with E-state index in [9.17, 15) is 0 Å². The Morgan fingerprint density at radius 2 is 1.38 bits per heavy atom. The molecule has 2 nitrogen and oxygen atoms in total. The molecule has 1 saturated heterocycles. The summed E-state index contributed by atoms with van der Waals surface area (Å²) in [4.78, 5) is 2.53. The summed E-state index contributed by atoms with van der Waals surface area (Å²) in [6, 6.07) is 30.5. The average molecular weight is 454 g/mol. The fourth-order valence-electron chi connectivity index (χ4n) is 4.94. The summed E-state index contributed by atoms with van der Waals surface area (Å²) in [5.41, 5.74) is 6.57. The van der Waals surface area contributed by atoms with Gasteiger partial charge in [0.2, 0.25) is 0 Å².